The van der Waals surface area contributed by atoms with Gasteiger partial charge in [-0.25, -0.2) is 13.8 Å². The lowest BCUT2D eigenvalue weighted by molar-refractivity contribution is -0.119. The molecule has 1 amide bonds. The zero-order chi connectivity index (χ0) is 28.1. The first-order valence-electron chi connectivity index (χ1n) is 12.3. The van der Waals surface area contributed by atoms with Crippen LogP contribution in [0.4, 0.5) is 14.5 Å². The molecule has 0 spiro atoms. The van der Waals surface area contributed by atoms with E-state index in [-0.39, 0.29) is 29.7 Å². The van der Waals surface area contributed by atoms with E-state index < -0.39 is 22.6 Å². The Morgan fingerprint density at radius 3 is 2.56 bits per heavy atom. The summed E-state index contributed by atoms with van der Waals surface area (Å²) >= 11 is 6.42. The molecule has 4 aromatic rings. The van der Waals surface area contributed by atoms with E-state index in [0.29, 0.717) is 39.7 Å². The van der Waals surface area contributed by atoms with Gasteiger partial charge < -0.3 is 10.1 Å². The Hall–Kier alpha value is -4.11. The third-order valence-electron chi connectivity index (χ3n) is 6.83. The first-order valence-corrected chi connectivity index (χ1v) is 12.6. The number of aromatic nitrogens is 3. The Bertz CT molecular complexity index is 1700. The predicted octanol–water partition coefficient (Wildman–Crippen LogP) is 5.69. The van der Waals surface area contributed by atoms with E-state index in [1.807, 2.05) is 20.8 Å². The van der Waals surface area contributed by atoms with Gasteiger partial charge in [0, 0.05) is 30.4 Å². The highest BCUT2D eigenvalue weighted by Gasteiger charge is 2.40. The molecule has 1 aliphatic rings. The molecule has 10 heteroatoms. The van der Waals surface area contributed by atoms with Gasteiger partial charge in [-0.3, -0.25) is 19.1 Å². The molecule has 0 saturated heterocycles. The maximum Gasteiger partial charge on any atom is 0.277 e. The predicted molar refractivity (Wildman–Crippen MR) is 145 cm³/mol. The number of nitrogens with zero attached hydrogens (tertiary/aromatic N) is 3. The summed E-state index contributed by atoms with van der Waals surface area (Å²) < 4.78 is 34.3. The van der Waals surface area contributed by atoms with Crippen molar-refractivity contribution in [1.29, 1.82) is 0 Å². The van der Waals surface area contributed by atoms with Crippen LogP contribution in [0, 0.1) is 25.5 Å². The molecule has 39 heavy (non-hydrogen) atoms. The number of anilines is 1. The van der Waals surface area contributed by atoms with Gasteiger partial charge in [-0.15, -0.1) is 0 Å². The molecule has 0 atom stereocenters. The molecule has 7 nitrogen and oxygen atoms in total. The maximum atomic E-state index is 13.9. The van der Waals surface area contributed by atoms with Crippen molar-refractivity contribution >= 4 is 23.2 Å². The molecule has 0 aliphatic carbocycles. The van der Waals surface area contributed by atoms with Crippen molar-refractivity contribution in [3.8, 4) is 22.8 Å². The van der Waals surface area contributed by atoms with Crippen LogP contribution in [0.25, 0.3) is 17.1 Å². The van der Waals surface area contributed by atoms with Crippen LogP contribution >= 0.6 is 11.6 Å². The Morgan fingerprint density at radius 1 is 1.05 bits per heavy atom. The number of amides is 1. The molecule has 5 rings (SSSR count). The van der Waals surface area contributed by atoms with Crippen LogP contribution in [0.3, 0.4) is 0 Å². The number of halogens is 3. The Balaban J connectivity index is 1.46. The van der Waals surface area contributed by atoms with Gasteiger partial charge in [-0.2, -0.15) is 0 Å². The van der Waals surface area contributed by atoms with Crippen LogP contribution in [0.1, 0.15) is 36.4 Å². The van der Waals surface area contributed by atoms with Crippen LogP contribution in [-0.2, 0) is 16.6 Å². The molecule has 1 N–H and O–H groups in total. The zero-order valence-electron chi connectivity index (χ0n) is 21.7. The van der Waals surface area contributed by atoms with Crippen molar-refractivity contribution in [1.82, 2.24) is 14.5 Å². The second kappa shape index (κ2) is 9.89. The van der Waals surface area contributed by atoms with Crippen molar-refractivity contribution in [2.75, 3.05) is 11.9 Å². The monoisotopic (exact) mass is 550 g/mol. The van der Waals surface area contributed by atoms with Crippen molar-refractivity contribution < 1.29 is 18.3 Å². The number of benzene rings is 1. The average molecular weight is 551 g/mol. The summed E-state index contributed by atoms with van der Waals surface area (Å²) in [6.45, 7) is 7.24. The minimum Gasteiger partial charge on any atom is -0.491 e. The topological polar surface area (TPSA) is 86.1 Å². The lowest BCUT2D eigenvalue weighted by atomic mass is 9.90. The molecule has 4 heterocycles. The van der Waals surface area contributed by atoms with Gasteiger partial charge in [0.05, 0.1) is 40.5 Å². The van der Waals surface area contributed by atoms with Crippen LogP contribution in [0.15, 0.2) is 53.5 Å². The molecule has 0 fully saturated rings. The van der Waals surface area contributed by atoms with E-state index in [1.165, 1.54) is 16.7 Å². The fourth-order valence-corrected chi connectivity index (χ4v) is 4.73. The molecular formula is C29H25ClF2N4O3. The van der Waals surface area contributed by atoms with Gasteiger partial charge >= 0.3 is 0 Å². The molecule has 3 aromatic heterocycles. The lowest BCUT2D eigenvalue weighted by Gasteiger charge is -2.17. The van der Waals surface area contributed by atoms with Crippen molar-refractivity contribution in [2.45, 2.75) is 39.5 Å². The van der Waals surface area contributed by atoms with E-state index in [2.05, 4.69) is 10.3 Å². The minimum absolute atomic E-state index is 0.0430. The van der Waals surface area contributed by atoms with Crippen LogP contribution in [0.2, 0.25) is 5.02 Å². The number of carbonyl (C=O) groups excluding carboxylic acids is 1. The highest BCUT2D eigenvalue weighted by Crippen LogP contribution is 2.37. The van der Waals surface area contributed by atoms with Gasteiger partial charge in [0.15, 0.2) is 0 Å². The number of aryl methyl sites for hydroxylation is 2. The molecular weight excluding hydrogens is 526 g/mol. The van der Waals surface area contributed by atoms with Crippen LogP contribution in [-0.4, -0.2) is 27.0 Å². The fraction of sp³-hybridized carbons (Fsp3) is 0.241. The van der Waals surface area contributed by atoms with Crippen molar-refractivity contribution in [2.24, 2.45) is 0 Å². The zero-order valence-corrected chi connectivity index (χ0v) is 22.5. The number of hydrogen-bond acceptors (Lipinski definition) is 5. The summed E-state index contributed by atoms with van der Waals surface area (Å²) in [4.78, 5) is 34.9. The minimum atomic E-state index is -0.780. The first-order chi connectivity index (χ1) is 18.5. The highest BCUT2D eigenvalue weighted by atomic mass is 35.5. The summed E-state index contributed by atoms with van der Waals surface area (Å²) in [5.41, 5.74) is 3.27. The summed E-state index contributed by atoms with van der Waals surface area (Å²) in [7, 11) is 0. The molecule has 0 saturated carbocycles. The Labute approximate surface area is 228 Å². The summed E-state index contributed by atoms with van der Waals surface area (Å²) in [5.74, 6) is -1.27. The Kier molecular flexibility index (Phi) is 6.72. The summed E-state index contributed by atoms with van der Waals surface area (Å²) in [6, 6.07) is 10.3. The third kappa shape index (κ3) is 4.78. The molecule has 1 aromatic carbocycles. The molecule has 0 bridgehead atoms. The Morgan fingerprint density at radius 2 is 1.82 bits per heavy atom. The second-order valence-electron chi connectivity index (χ2n) is 9.97. The quantitative estimate of drug-likeness (QED) is 0.333. The first kappa shape index (κ1) is 26.5. The van der Waals surface area contributed by atoms with E-state index >= 15 is 0 Å². The lowest BCUT2D eigenvalue weighted by Crippen LogP contribution is -2.27. The molecule has 0 unspecified atom stereocenters. The average Bonchev–Trinajstić information content (AvgIpc) is 3.12. The largest absolute Gasteiger partial charge is 0.491 e. The smallest absolute Gasteiger partial charge is 0.277 e. The van der Waals surface area contributed by atoms with Gasteiger partial charge in [0.25, 0.3) is 5.56 Å². The highest BCUT2D eigenvalue weighted by molar-refractivity contribution is 6.31. The van der Waals surface area contributed by atoms with Crippen LogP contribution in [0.5, 0.6) is 5.75 Å². The SMILES string of the molecule is Cc1cnc(-c2ccc3c(n2)C(C)(C)C(=O)N3)cc1-n1c(C)cc(OCCc2ccc(F)cc2F)c(Cl)c1=O. The van der Waals surface area contributed by atoms with Crippen molar-refractivity contribution in [3.05, 3.63) is 98.2 Å². The van der Waals surface area contributed by atoms with E-state index in [9.17, 15) is 18.4 Å². The van der Waals surface area contributed by atoms with E-state index in [4.69, 9.17) is 21.3 Å². The maximum absolute atomic E-state index is 13.9. The third-order valence-corrected chi connectivity index (χ3v) is 7.17. The number of fused-ring (bicyclic) bond motifs is 1. The van der Waals surface area contributed by atoms with Gasteiger partial charge in [0.1, 0.15) is 22.4 Å². The normalized spacial score (nSPS) is 13.8. The number of hydrogen-bond donors (Lipinski definition) is 1. The number of rotatable bonds is 6. The van der Waals surface area contributed by atoms with Gasteiger partial charge in [-0.05, 0) is 63.1 Å². The van der Waals surface area contributed by atoms with E-state index in [1.54, 1.807) is 37.4 Å². The number of carbonyl (C=O) groups is 1. The molecule has 1 aliphatic heterocycles. The number of ether oxygens (including phenoxy) is 1. The fourth-order valence-electron chi connectivity index (χ4n) is 4.54. The van der Waals surface area contributed by atoms with Crippen LogP contribution < -0.4 is 15.6 Å². The van der Waals surface area contributed by atoms with E-state index in [0.717, 1.165) is 11.6 Å². The van der Waals surface area contributed by atoms with Crippen molar-refractivity contribution in [3.63, 3.8) is 0 Å². The number of pyridine rings is 3. The molecule has 0 radical (unpaired) electrons. The molecule has 200 valence electrons. The number of nitrogens with one attached hydrogen (secondary N) is 1. The second-order valence-corrected chi connectivity index (χ2v) is 10.3. The van der Waals surface area contributed by atoms with Gasteiger partial charge in [-0.1, -0.05) is 17.7 Å². The summed E-state index contributed by atoms with van der Waals surface area (Å²) in [5, 5.41) is 2.72. The summed E-state index contributed by atoms with van der Waals surface area (Å²) in [6.07, 6.45) is 1.82. The standard InChI is InChI=1S/C29H25ClF2N4O3/c1-15-14-33-22(20-7-8-21-26(34-20)29(3,4)28(38)35-21)13-23(15)36-16(2)11-24(25(30)27(36)37)39-10-9-17-5-6-18(31)12-19(17)32/h5-8,11-14H,9-10H2,1-4H3,(H,35,38). The van der Waals surface area contributed by atoms with Gasteiger partial charge in [0.2, 0.25) is 5.91 Å².